The Kier molecular flexibility index (Phi) is 6.81. The monoisotopic (exact) mass is 357 g/mol. The first-order chi connectivity index (χ1) is 11.5. The van der Waals surface area contributed by atoms with Crippen molar-refractivity contribution in [1.29, 1.82) is 0 Å². The second kappa shape index (κ2) is 8.84. The molecule has 0 atom stereocenters. The summed E-state index contributed by atoms with van der Waals surface area (Å²) in [5.41, 5.74) is 0.679. The third kappa shape index (κ3) is 5.07. The molecular weight excluding hydrogens is 337 g/mol. The van der Waals surface area contributed by atoms with Crippen LogP contribution in [0.15, 0.2) is 18.2 Å². The predicted molar refractivity (Wildman–Crippen MR) is 88.3 cm³/mol. The number of nitrogens with zero attached hydrogens (tertiary/aromatic N) is 2. The molecule has 3 amide bonds. The van der Waals surface area contributed by atoms with Gasteiger partial charge in [-0.05, 0) is 24.1 Å². The first-order valence-corrected chi connectivity index (χ1v) is 8.12. The highest BCUT2D eigenvalue weighted by Crippen LogP contribution is 2.21. The molecule has 0 spiro atoms. The van der Waals surface area contributed by atoms with Crippen molar-refractivity contribution < 1.29 is 18.7 Å². The van der Waals surface area contributed by atoms with Crippen LogP contribution in [0, 0.1) is 5.82 Å². The lowest BCUT2D eigenvalue weighted by molar-refractivity contribution is -0.122. The second-order valence-corrected chi connectivity index (χ2v) is 5.96. The van der Waals surface area contributed by atoms with Crippen molar-refractivity contribution >= 4 is 23.5 Å². The van der Waals surface area contributed by atoms with Gasteiger partial charge in [0.2, 0.25) is 5.91 Å². The Morgan fingerprint density at radius 1 is 1.38 bits per heavy atom. The van der Waals surface area contributed by atoms with Crippen molar-refractivity contribution in [1.82, 2.24) is 15.1 Å². The summed E-state index contributed by atoms with van der Waals surface area (Å²) < 4.78 is 18.0. The van der Waals surface area contributed by atoms with Gasteiger partial charge >= 0.3 is 6.03 Å². The van der Waals surface area contributed by atoms with Gasteiger partial charge in [0.05, 0.1) is 6.61 Å². The number of rotatable bonds is 7. The molecule has 0 aliphatic carbocycles. The SMILES string of the molecule is COCCNC(=O)CN1CCCN(Cc2ccc(F)cc2Cl)C1=O. The van der Waals surface area contributed by atoms with E-state index >= 15 is 0 Å². The molecule has 0 radical (unpaired) electrons. The molecule has 8 heteroatoms. The minimum Gasteiger partial charge on any atom is -0.383 e. The van der Waals surface area contributed by atoms with Crippen molar-refractivity contribution in [2.45, 2.75) is 13.0 Å². The smallest absolute Gasteiger partial charge is 0.320 e. The van der Waals surface area contributed by atoms with E-state index in [1.165, 1.54) is 17.0 Å². The van der Waals surface area contributed by atoms with E-state index in [1.54, 1.807) is 18.1 Å². The van der Waals surface area contributed by atoms with Crippen LogP contribution in [0.25, 0.3) is 0 Å². The number of urea groups is 1. The average molecular weight is 358 g/mol. The Bertz CT molecular complexity index is 600. The normalized spacial score (nSPS) is 14.9. The molecule has 0 saturated carbocycles. The summed E-state index contributed by atoms with van der Waals surface area (Å²) in [7, 11) is 1.55. The highest BCUT2D eigenvalue weighted by Gasteiger charge is 2.27. The number of carbonyl (C=O) groups excluding carboxylic acids is 2. The van der Waals surface area contributed by atoms with E-state index in [0.29, 0.717) is 38.3 Å². The van der Waals surface area contributed by atoms with Crippen LogP contribution in [0.4, 0.5) is 9.18 Å². The van der Waals surface area contributed by atoms with Crippen LogP contribution in [0.5, 0.6) is 0 Å². The predicted octanol–water partition coefficient (Wildman–Crippen LogP) is 1.87. The Hall–Kier alpha value is -1.86. The molecule has 1 aromatic carbocycles. The third-order valence-corrected chi connectivity index (χ3v) is 4.09. The van der Waals surface area contributed by atoms with Crippen LogP contribution in [0.3, 0.4) is 0 Å². The molecule has 1 N–H and O–H groups in total. The largest absolute Gasteiger partial charge is 0.383 e. The summed E-state index contributed by atoms with van der Waals surface area (Å²) in [4.78, 5) is 27.5. The van der Waals surface area contributed by atoms with Gasteiger partial charge in [-0.25, -0.2) is 9.18 Å². The van der Waals surface area contributed by atoms with Crippen molar-refractivity contribution in [3.63, 3.8) is 0 Å². The molecule has 6 nitrogen and oxygen atoms in total. The van der Waals surface area contributed by atoms with Crippen molar-refractivity contribution in [2.75, 3.05) is 39.9 Å². The zero-order valence-corrected chi connectivity index (χ0v) is 14.3. The van der Waals surface area contributed by atoms with Crippen LogP contribution >= 0.6 is 11.6 Å². The van der Waals surface area contributed by atoms with Crippen LogP contribution in [0.1, 0.15) is 12.0 Å². The molecule has 1 heterocycles. The molecule has 132 valence electrons. The Balaban J connectivity index is 1.93. The summed E-state index contributed by atoms with van der Waals surface area (Å²) in [5.74, 6) is -0.634. The molecule has 1 saturated heterocycles. The van der Waals surface area contributed by atoms with Crippen molar-refractivity contribution in [2.24, 2.45) is 0 Å². The number of halogens is 2. The molecule has 24 heavy (non-hydrogen) atoms. The molecule has 0 unspecified atom stereocenters. The van der Waals surface area contributed by atoms with E-state index in [1.807, 2.05) is 0 Å². The summed E-state index contributed by atoms with van der Waals surface area (Å²) in [6.07, 6.45) is 0.760. The fourth-order valence-corrected chi connectivity index (χ4v) is 2.74. The molecule has 1 aromatic rings. The van der Waals surface area contributed by atoms with E-state index in [0.717, 1.165) is 6.42 Å². The number of benzene rings is 1. The van der Waals surface area contributed by atoms with Crippen LogP contribution in [-0.4, -0.2) is 61.6 Å². The molecule has 1 aliphatic heterocycles. The van der Waals surface area contributed by atoms with Gasteiger partial charge in [-0.2, -0.15) is 0 Å². The maximum Gasteiger partial charge on any atom is 0.320 e. The van der Waals surface area contributed by atoms with E-state index < -0.39 is 5.82 Å². The van der Waals surface area contributed by atoms with Gasteiger partial charge in [0, 0.05) is 38.3 Å². The maximum absolute atomic E-state index is 13.1. The van der Waals surface area contributed by atoms with Gasteiger partial charge in [0.25, 0.3) is 0 Å². The standard InChI is InChI=1S/C16H21ClFN3O3/c1-24-8-5-19-15(22)11-21-7-2-6-20(16(21)23)10-12-3-4-13(18)9-14(12)17/h3-4,9H,2,5-8,10-11H2,1H3,(H,19,22). The van der Waals surface area contributed by atoms with Crippen molar-refractivity contribution in [3.05, 3.63) is 34.6 Å². The zero-order chi connectivity index (χ0) is 17.5. The molecule has 1 fully saturated rings. The molecule has 0 aromatic heterocycles. The summed E-state index contributed by atoms with van der Waals surface area (Å²) in [6.45, 7) is 2.25. The number of methoxy groups -OCH3 is 1. The Morgan fingerprint density at radius 2 is 2.12 bits per heavy atom. The topological polar surface area (TPSA) is 61.9 Å². The highest BCUT2D eigenvalue weighted by atomic mass is 35.5. The van der Waals surface area contributed by atoms with Gasteiger partial charge < -0.3 is 19.9 Å². The van der Waals surface area contributed by atoms with Crippen LogP contribution < -0.4 is 5.32 Å². The Labute approximate surface area is 145 Å². The Morgan fingerprint density at radius 3 is 2.83 bits per heavy atom. The minimum absolute atomic E-state index is 0.0101. The van der Waals surface area contributed by atoms with Gasteiger partial charge in [0.15, 0.2) is 0 Å². The first-order valence-electron chi connectivity index (χ1n) is 7.74. The van der Waals surface area contributed by atoms with Gasteiger partial charge in [-0.3, -0.25) is 4.79 Å². The lowest BCUT2D eigenvalue weighted by atomic mass is 10.2. The minimum atomic E-state index is -0.414. The lowest BCUT2D eigenvalue weighted by Gasteiger charge is -2.35. The lowest BCUT2D eigenvalue weighted by Crippen LogP contribution is -2.52. The molecule has 0 bridgehead atoms. The second-order valence-electron chi connectivity index (χ2n) is 5.56. The molecule has 1 aliphatic rings. The zero-order valence-electron chi connectivity index (χ0n) is 13.6. The number of ether oxygens (including phenoxy) is 1. The number of carbonyl (C=O) groups is 2. The summed E-state index contributed by atoms with van der Waals surface area (Å²) >= 11 is 6.02. The van der Waals surface area contributed by atoms with E-state index in [2.05, 4.69) is 5.32 Å². The number of hydrogen-bond donors (Lipinski definition) is 1. The van der Waals surface area contributed by atoms with E-state index in [4.69, 9.17) is 16.3 Å². The van der Waals surface area contributed by atoms with Gasteiger partial charge in [0.1, 0.15) is 12.4 Å². The quantitative estimate of drug-likeness (QED) is 0.758. The summed E-state index contributed by atoms with van der Waals surface area (Å²) in [5, 5.41) is 2.98. The van der Waals surface area contributed by atoms with Gasteiger partial charge in [-0.15, -0.1) is 0 Å². The number of hydrogen-bond acceptors (Lipinski definition) is 3. The highest BCUT2D eigenvalue weighted by molar-refractivity contribution is 6.31. The fraction of sp³-hybridized carbons (Fsp3) is 0.500. The fourth-order valence-electron chi connectivity index (χ4n) is 2.51. The van der Waals surface area contributed by atoms with Crippen molar-refractivity contribution in [3.8, 4) is 0 Å². The number of amides is 3. The molecule has 2 rings (SSSR count). The summed E-state index contributed by atoms with van der Waals surface area (Å²) in [6, 6.07) is 3.90. The first kappa shape index (κ1) is 18.5. The van der Waals surface area contributed by atoms with E-state index in [-0.39, 0.29) is 23.5 Å². The number of nitrogens with one attached hydrogen (secondary N) is 1. The molecular formula is C16H21ClFN3O3. The van der Waals surface area contributed by atoms with Crippen LogP contribution in [-0.2, 0) is 16.1 Å². The average Bonchev–Trinajstić information content (AvgIpc) is 2.54. The van der Waals surface area contributed by atoms with Gasteiger partial charge in [-0.1, -0.05) is 17.7 Å². The maximum atomic E-state index is 13.1. The van der Waals surface area contributed by atoms with E-state index in [9.17, 15) is 14.0 Å². The van der Waals surface area contributed by atoms with Crippen LogP contribution in [0.2, 0.25) is 5.02 Å². The third-order valence-electron chi connectivity index (χ3n) is 3.74.